The maximum Gasteiger partial charge on any atom is 0.424 e. The van der Waals surface area contributed by atoms with Gasteiger partial charge < -0.3 is 9.47 Å². The summed E-state index contributed by atoms with van der Waals surface area (Å²) >= 11 is 3.50. The molecule has 31 heavy (non-hydrogen) atoms. The van der Waals surface area contributed by atoms with Crippen LogP contribution in [0, 0.1) is 0 Å². The first-order valence-corrected chi connectivity index (χ1v) is 11.3. The third-order valence-corrected chi connectivity index (χ3v) is 4.68. The third kappa shape index (κ3) is 6.92. The number of amides is 2. The van der Waals surface area contributed by atoms with Crippen molar-refractivity contribution in [2.45, 2.75) is 91.9 Å². The molecule has 0 aromatic heterocycles. The summed E-state index contributed by atoms with van der Waals surface area (Å²) in [7, 11) is 0. The van der Waals surface area contributed by atoms with E-state index < -0.39 is 23.4 Å². The van der Waals surface area contributed by atoms with Gasteiger partial charge in [0.2, 0.25) is 0 Å². The minimum Gasteiger partial charge on any atom is -0.443 e. The minimum atomic E-state index is -0.819. The number of allylic oxidation sites excluding steroid dienone is 2. The van der Waals surface area contributed by atoms with Gasteiger partial charge in [-0.15, -0.1) is 0 Å². The predicted octanol–water partition coefficient (Wildman–Crippen LogP) is 5.94. The topological polar surface area (TPSA) is 83.8 Å². The second kappa shape index (κ2) is 9.54. The largest absolute Gasteiger partial charge is 0.443 e. The minimum absolute atomic E-state index is 0.253. The third-order valence-electron chi connectivity index (χ3n) is 4.12. The average Bonchev–Trinajstić information content (AvgIpc) is 3.36. The highest BCUT2D eigenvalue weighted by atomic mass is 79.9. The van der Waals surface area contributed by atoms with Crippen molar-refractivity contribution in [3.8, 4) is 0 Å². The van der Waals surface area contributed by atoms with Crippen LogP contribution in [0.3, 0.4) is 0 Å². The van der Waals surface area contributed by atoms with E-state index in [1.165, 1.54) is 0 Å². The number of amidine groups is 1. The summed E-state index contributed by atoms with van der Waals surface area (Å²) in [5.74, 6) is 0.577. The van der Waals surface area contributed by atoms with Crippen LogP contribution in [-0.2, 0) is 9.47 Å². The molecule has 0 bridgehead atoms. The van der Waals surface area contributed by atoms with Crippen LogP contribution in [0.4, 0.5) is 9.59 Å². The van der Waals surface area contributed by atoms with E-state index in [-0.39, 0.29) is 6.04 Å². The highest BCUT2D eigenvalue weighted by Gasteiger charge is 2.42. The zero-order valence-electron chi connectivity index (χ0n) is 19.7. The molecule has 1 aliphatic carbocycles. The molecule has 8 nitrogen and oxygen atoms in total. The summed E-state index contributed by atoms with van der Waals surface area (Å²) in [4.78, 5) is 31.6. The van der Waals surface area contributed by atoms with Crippen LogP contribution in [0.5, 0.6) is 0 Å². The van der Waals surface area contributed by atoms with Crippen LogP contribution in [0.2, 0.25) is 0 Å². The molecule has 0 unspecified atom stereocenters. The average molecular weight is 497 g/mol. The molecular weight excluding hydrogens is 464 g/mol. The number of hydrazone groups is 1. The molecule has 0 aromatic rings. The van der Waals surface area contributed by atoms with E-state index in [1.807, 2.05) is 18.0 Å². The Kier molecular flexibility index (Phi) is 7.73. The number of halogens is 1. The van der Waals surface area contributed by atoms with Gasteiger partial charge >= 0.3 is 12.2 Å². The number of rotatable bonds is 4. The summed E-state index contributed by atoms with van der Waals surface area (Å²) in [5.41, 5.74) is -0.705. The molecule has 1 saturated carbocycles. The van der Waals surface area contributed by atoms with Gasteiger partial charge in [0.25, 0.3) is 0 Å². The molecule has 1 fully saturated rings. The lowest BCUT2D eigenvalue weighted by Crippen LogP contribution is -2.43. The van der Waals surface area contributed by atoms with E-state index in [0.717, 1.165) is 24.2 Å². The summed E-state index contributed by atoms with van der Waals surface area (Å²) in [6.45, 7) is 14.1. The van der Waals surface area contributed by atoms with Gasteiger partial charge in [0.1, 0.15) is 15.8 Å². The molecule has 0 atom stereocenters. The molecule has 0 radical (unpaired) electrons. The smallest absolute Gasteiger partial charge is 0.424 e. The SMILES string of the molecule is CC/C=C/N=C1/C(=C(\C)N(C(=O)OC(C)(C)C)C(=O)OC(C)(C)C)C(Br)=NN1C1CC1. The van der Waals surface area contributed by atoms with E-state index in [2.05, 4.69) is 26.0 Å². The molecule has 2 aliphatic rings. The molecule has 0 saturated heterocycles. The van der Waals surface area contributed by atoms with E-state index in [1.54, 1.807) is 54.7 Å². The van der Waals surface area contributed by atoms with E-state index in [9.17, 15) is 9.59 Å². The molecular formula is C22H33BrN4O4. The first-order valence-electron chi connectivity index (χ1n) is 10.5. The van der Waals surface area contributed by atoms with Crippen molar-refractivity contribution < 1.29 is 19.1 Å². The van der Waals surface area contributed by atoms with Gasteiger partial charge in [0.15, 0.2) is 5.84 Å². The summed E-state index contributed by atoms with van der Waals surface area (Å²) in [5, 5.41) is 6.42. The van der Waals surface area contributed by atoms with Crippen LogP contribution in [-0.4, -0.2) is 49.8 Å². The monoisotopic (exact) mass is 496 g/mol. The number of hydrogen-bond donors (Lipinski definition) is 0. The number of carbonyl (C=O) groups is 2. The highest BCUT2D eigenvalue weighted by molar-refractivity contribution is 9.18. The lowest BCUT2D eigenvalue weighted by atomic mass is 10.2. The van der Waals surface area contributed by atoms with Crippen molar-refractivity contribution in [1.82, 2.24) is 9.91 Å². The van der Waals surface area contributed by atoms with Crippen molar-refractivity contribution in [3.63, 3.8) is 0 Å². The van der Waals surface area contributed by atoms with E-state index in [4.69, 9.17) is 9.47 Å². The molecule has 2 amide bonds. The molecule has 9 heteroatoms. The van der Waals surface area contributed by atoms with Crippen molar-refractivity contribution in [1.29, 1.82) is 0 Å². The Morgan fingerprint density at radius 3 is 2.10 bits per heavy atom. The Hall–Kier alpha value is -2.16. The molecule has 0 spiro atoms. The second-order valence-corrected chi connectivity index (χ2v) is 10.2. The van der Waals surface area contributed by atoms with Crippen molar-refractivity contribution in [3.05, 3.63) is 23.5 Å². The van der Waals surface area contributed by atoms with E-state index in [0.29, 0.717) is 21.7 Å². The zero-order valence-corrected chi connectivity index (χ0v) is 21.2. The maximum atomic E-state index is 13.0. The normalized spacial score (nSPS) is 20.2. The fourth-order valence-corrected chi connectivity index (χ4v) is 3.35. The molecule has 172 valence electrons. The predicted molar refractivity (Wildman–Crippen MR) is 125 cm³/mol. The molecule has 0 aromatic carbocycles. The fourth-order valence-electron chi connectivity index (χ4n) is 2.71. The van der Waals surface area contributed by atoms with Gasteiger partial charge in [0.05, 0.1) is 11.6 Å². The lowest BCUT2D eigenvalue weighted by molar-refractivity contribution is 0.00831. The number of imide groups is 1. The van der Waals surface area contributed by atoms with Crippen LogP contribution in [0.15, 0.2) is 33.6 Å². The van der Waals surface area contributed by atoms with Gasteiger partial charge in [-0.2, -0.15) is 10.0 Å². The Morgan fingerprint density at radius 2 is 1.68 bits per heavy atom. The maximum absolute atomic E-state index is 13.0. The Balaban J connectivity index is 2.56. The Morgan fingerprint density at radius 1 is 1.16 bits per heavy atom. The number of aliphatic imine (C=N–C) groups is 1. The summed E-state index contributed by atoms with van der Waals surface area (Å²) in [6, 6.07) is 0.253. The van der Waals surface area contributed by atoms with E-state index >= 15 is 0 Å². The Bertz CT molecular complexity index is 815. The fraction of sp³-hybridized carbons (Fsp3) is 0.636. The summed E-state index contributed by atoms with van der Waals surface area (Å²) in [6.07, 6.45) is 4.85. The number of hydrogen-bond acceptors (Lipinski definition) is 6. The lowest BCUT2D eigenvalue weighted by Gasteiger charge is -2.29. The van der Waals surface area contributed by atoms with Crippen molar-refractivity contribution in [2.24, 2.45) is 10.1 Å². The van der Waals surface area contributed by atoms with Crippen molar-refractivity contribution in [2.75, 3.05) is 0 Å². The molecule has 1 aliphatic heterocycles. The zero-order chi connectivity index (χ0) is 23.6. The van der Waals surface area contributed by atoms with Crippen LogP contribution >= 0.6 is 15.9 Å². The molecule has 1 heterocycles. The van der Waals surface area contributed by atoms with Gasteiger partial charge in [-0.3, -0.25) is 0 Å². The van der Waals surface area contributed by atoms with Gasteiger partial charge in [0, 0.05) is 11.9 Å². The van der Waals surface area contributed by atoms with Crippen molar-refractivity contribution >= 4 is 38.6 Å². The second-order valence-electron chi connectivity index (χ2n) is 9.47. The number of nitrogens with zero attached hydrogens (tertiary/aromatic N) is 4. The van der Waals surface area contributed by atoms with Gasteiger partial charge in [-0.1, -0.05) is 13.0 Å². The van der Waals surface area contributed by atoms with Crippen LogP contribution in [0.1, 0.15) is 74.7 Å². The standard InChI is InChI=1S/C22H33BrN4O4/c1-9-10-13-24-18-16(17(23)25-27(18)15-11-12-15)14(2)26(19(28)30-21(3,4)5)20(29)31-22(6,7)8/h10,13,15H,9,11-12H2,1-8H3/b13-10+,16-14+,24-18-. The quantitative estimate of drug-likeness (QED) is 0.480. The Labute approximate surface area is 193 Å². The first-order chi connectivity index (χ1) is 14.2. The molecule has 0 N–H and O–H groups in total. The highest BCUT2D eigenvalue weighted by Crippen LogP contribution is 2.35. The van der Waals surface area contributed by atoms with Crippen LogP contribution < -0.4 is 0 Å². The van der Waals surface area contributed by atoms with Crippen LogP contribution in [0.25, 0.3) is 0 Å². The number of carbonyl (C=O) groups excluding carboxylic acids is 2. The summed E-state index contributed by atoms with van der Waals surface area (Å²) < 4.78 is 11.5. The van der Waals surface area contributed by atoms with Gasteiger partial charge in [-0.05, 0) is 83.7 Å². The van der Waals surface area contributed by atoms with Gasteiger partial charge in [-0.25, -0.2) is 19.6 Å². The number of ether oxygens (including phenoxy) is 2. The first kappa shape index (κ1) is 25.1. The molecule has 2 rings (SSSR count).